The Balaban J connectivity index is 1.23. The fraction of sp³-hybridized carbons (Fsp3) is 0.320. The maximum absolute atomic E-state index is 12.3. The molecule has 0 saturated heterocycles. The third kappa shape index (κ3) is 6.95. The largest absolute Gasteiger partial charge is 0.353 e. The first kappa shape index (κ1) is 26.7. The minimum Gasteiger partial charge on any atom is -0.353 e. The Kier molecular flexibility index (Phi) is 8.67. The monoisotopic (exact) mass is 584 g/mol. The molecule has 0 radical (unpaired) electrons. The number of aromatic nitrogens is 3. The number of thiazole rings is 1. The van der Waals surface area contributed by atoms with Crippen LogP contribution < -0.4 is 5.32 Å². The van der Waals surface area contributed by atoms with Crippen LogP contribution in [-0.2, 0) is 4.79 Å². The molecular formula is C25H24N6O3S4. The zero-order valence-electron chi connectivity index (χ0n) is 20.5. The zero-order chi connectivity index (χ0) is 26.5. The van der Waals surface area contributed by atoms with Crippen molar-refractivity contribution in [3.8, 4) is 0 Å². The minimum atomic E-state index is -0.397. The summed E-state index contributed by atoms with van der Waals surface area (Å²) in [5.74, 6) is 0.413. The second-order valence-corrected chi connectivity index (χ2v) is 13.5. The van der Waals surface area contributed by atoms with Crippen LogP contribution in [0, 0.1) is 17.0 Å². The Bertz CT molecular complexity index is 1500. The summed E-state index contributed by atoms with van der Waals surface area (Å²) in [4.78, 5) is 33.3. The van der Waals surface area contributed by atoms with Gasteiger partial charge in [0.2, 0.25) is 5.91 Å². The molecule has 5 rings (SSSR count). The van der Waals surface area contributed by atoms with Gasteiger partial charge in [-0.15, -0.1) is 21.5 Å². The van der Waals surface area contributed by atoms with Gasteiger partial charge in [-0.3, -0.25) is 19.9 Å². The summed E-state index contributed by atoms with van der Waals surface area (Å²) in [6.07, 6.45) is 7.39. The SMILES string of the molecule is Cc1nnc(Sc2ccc(C=Nc3ccc4nc(SCC(=O)NC5CCCCC5)sc4c3)cc2[N+](=O)[O-])s1. The molecule has 1 amide bonds. The Labute approximate surface area is 235 Å². The first-order valence-corrected chi connectivity index (χ1v) is 15.5. The van der Waals surface area contributed by atoms with E-state index in [-0.39, 0.29) is 11.6 Å². The van der Waals surface area contributed by atoms with Gasteiger partial charge in [0.25, 0.3) is 5.69 Å². The Hall–Kier alpha value is -2.87. The van der Waals surface area contributed by atoms with E-state index in [1.165, 1.54) is 71.5 Å². The average molecular weight is 585 g/mol. The number of rotatable bonds is 9. The lowest BCUT2D eigenvalue weighted by Gasteiger charge is -2.22. The molecule has 196 valence electrons. The number of aliphatic imine (C=N–C) groups is 1. The molecule has 38 heavy (non-hydrogen) atoms. The Morgan fingerprint density at radius 2 is 2.00 bits per heavy atom. The number of amides is 1. The van der Waals surface area contributed by atoms with Gasteiger partial charge >= 0.3 is 0 Å². The molecule has 0 aliphatic heterocycles. The highest BCUT2D eigenvalue weighted by atomic mass is 32.2. The van der Waals surface area contributed by atoms with E-state index in [9.17, 15) is 14.9 Å². The van der Waals surface area contributed by atoms with Gasteiger partial charge in [0.05, 0.1) is 31.5 Å². The van der Waals surface area contributed by atoms with E-state index in [4.69, 9.17) is 0 Å². The Morgan fingerprint density at radius 3 is 2.76 bits per heavy atom. The molecule has 1 N–H and O–H groups in total. The number of nitrogens with zero attached hydrogens (tertiary/aromatic N) is 5. The number of aryl methyl sites for hydroxylation is 1. The molecule has 13 heteroatoms. The summed E-state index contributed by atoms with van der Waals surface area (Å²) in [5, 5.41) is 23.6. The third-order valence-electron chi connectivity index (χ3n) is 5.90. The summed E-state index contributed by atoms with van der Waals surface area (Å²) in [5.41, 5.74) is 2.20. The van der Waals surface area contributed by atoms with Gasteiger partial charge in [-0.05, 0) is 49.6 Å². The van der Waals surface area contributed by atoms with Crippen molar-refractivity contribution in [1.29, 1.82) is 0 Å². The van der Waals surface area contributed by atoms with Crippen molar-refractivity contribution in [2.24, 2.45) is 4.99 Å². The number of benzene rings is 2. The van der Waals surface area contributed by atoms with Gasteiger partial charge in [-0.2, -0.15) is 0 Å². The molecule has 2 heterocycles. The van der Waals surface area contributed by atoms with E-state index < -0.39 is 4.92 Å². The van der Waals surface area contributed by atoms with E-state index in [1.54, 1.807) is 18.3 Å². The van der Waals surface area contributed by atoms with E-state index in [1.807, 2.05) is 25.1 Å². The first-order valence-electron chi connectivity index (χ1n) is 12.1. The standard InChI is InChI=1S/C25H24N6O3S4/c1-15-29-30-25(36-15)37-21-10-7-16(11-20(21)31(33)34)13-26-18-8-9-19-22(12-18)38-24(28-19)35-14-23(32)27-17-5-3-2-4-6-17/h7-13,17H,2-6,14H2,1H3,(H,27,32). The molecule has 1 aliphatic carbocycles. The maximum atomic E-state index is 12.3. The van der Waals surface area contributed by atoms with Crippen LogP contribution in [0.15, 0.2) is 55.0 Å². The molecule has 0 atom stereocenters. The lowest BCUT2D eigenvalue weighted by atomic mass is 9.95. The van der Waals surface area contributed by atoms with Gasteiger partial charge in [0.15, 0.2) is 8.68 Å². The number of carbonyl (C=O) groups excluding carboxylic acids is 1. The van der Waals surface area contributed by atoms with Gasteiger partial charge in [-0.1, -0.05) is 60.2 Å². The fourth-order valence-corrected chi connectivity index (χ4v) is 7.85. The second kappa shape index (κ2) is 12.3. The van der Waals surface area contributed by atoms with E-state index in [0.29, 0.717) is 26.6 Å². The zero-order valence-corrected chi connectivity index (χ0v) is 23.7. The van der Waals surface area contributed by atoms with Crippen LogP contribution in [0.1, 0.15) is 42.7 Å². The molecule has 1 fully saturated rings. The van der Waals surface area contributed by atoms with Crippen molar-refractivity contribution >= 4 is 79.9 Å². The van der Waals surface area contributed by atoms with Gasteiger partial charge < -0.3 is 5.32 Å². The molecule has 4 aromatic rings. The number of nitrogens with one attached hydrogen (secondary N) is 1. The number of fused-ring (bicyclic) bond motifs is 1. The highest BCUT2D eigenvalue weighted by Crippen LogP contribution is 2.37. The summed E-state index contributed by atoms with van der Waals surface area (Å²) in [6.45, 7) is 1.84. The van der Waals surface area contributed by atoms with Gasteiger partial charge in [-0.25, -0.2) is 4.98 Å². The normalized spacial score (nSPS) is 14.3. The van der Waals surface area contributed by atoms with E-state index >= 15 is 0 Å². The predicted octanol–water partition coefficient (Wildman–Crippen LogP) is 6.81. The molecule has 0 bridgehead atoms. The topological polar surface area (TPSA) is 123 Å². The molecule has 2 aromatic carbocycles. The second-order valence-electron chi connectivity index (χ2n) is 8.75. The average Bonchev–Trinajstić information content (AvgIpc) is 3.52. The molecule has 2 aromatic heterocycles. The number of thioether (sulfide) groups is 1. The number of nitro benzene ring substituents is 1. The highest BCUT2D eigenvalue weighted by molar-refractivity contribution is 8.01. The smallest absolute Gasteiger partial charge is 0.283 e. The molecule has 1 saturated carbocycles. The van der Waals surface area contributed by atoms with Crippen LogP contribution in [0.25, 0.3) is 10.2 Å². The van der Waals surface area contributed by atoms with Crippen LogP contribution in [0.5, 0.6) is 0 Å². The molecule has 1 aliphatic rings. The van der Waals surface area contributed by atoms with Crippen LogP contribution in [0.3, 0.4) is 0 Å². The number of carbonyl (C=O) groups is 1. The minimum absolute atomic E-state index is 0.00102. The lowest BCUT2D eigenvalue weighted by molar-refractivity contribution is -0.387. The lowest BCUT2D eigenvalue weighted by Crippen LogP contribution is -2.37. The molecule has 9 nitrogen and oxygen atoms in total. The van der Waals surface area contributed by atoms with Crippen molar-refractivity contribution in [3.05, 3.63) is 57.1 Å². The Morgan fingerprint density at radius 1 is 1.16 bits per heavy atom. The van der Waals surface area contributed by atoms with Crippen molar-refractivity contribution in [2.45, 2.75) is 58.6 Å². The van der Waals surface area contributed by atoms with Crippen LogP contribution in [-0.4, -0.2) is 44.0 Å². The van der Waals surface area contributed by atoms with Gasteiger partial charge in [0.1, 0.15) is 5.01 Å². The predicted molar refractivity (Wildman–Crippen MR) is 154 cm³/mol. The van der Waals surface area contributed by atoms with Crippen molar-refractivity contribution in [3.63, 3.8) is 0 Å². The van der Waals surface area contributed by atoms with Crippen LogP contribution in [0.4, 0.5) is 11.4 Å². The van der Waals surface area contributed by atoms with Crippen molar-refractivity contribution in [1.82, 2.24) is 20.5 Å². The summed E-state index contributed by atoms with van der Waals surface area (Å²) < 4.78 is 2.47. The van der Waals surface area contributed by atoms with Crippen molar-refractivity contribution < 1.29 is 9.72 Å². The first-order chi connectivity index (χ1) is 18.4. The van der Waals surface area contributed by atoms with E-state index in [0.717, 1.165) is 38.1 Å². The summed E-state index contributed by atoms with van der Waals surface area (Å²) in [7, 11) is 0. The summed E-state index contributed by atoms with van der Waals surface area (Å²) >= 11 is 5.60. The quantitative estimate of drug-likeness (QED) is 0.0985. The summed E-state index contributed by atoms with van der Waals surface area (Å²) in [6, 6.07) is 11.0. The van der Waals surface area contributed by atoms with Crippen LogP contribution >= 0.6 is 46.2 Å². The third-order valence-corrected chi connectivity index (χ3v) is 10.0. The van der Waals surface area contributed by atoms with E-state index in [2.05, 4.69) is 25.5 Å². The highest BCUT2D eigenvalue weighted by Gasteiger charge is 2.18. The molecule has 0 unspecified atom stereocenters. The van der Waals surface area contributed by atoms with Crippen LogP contribution in [0.2, 0.25) is 0 Å². The molecule has 0 spiro atoms. The number of hydrogen-bond donors (Lipinski definition) is 1. The molecular weight excluding hydrogens is 561 g/mol. The number of hydrogen-bond acceptors (Lipinski definition) is 11. The number of nitro groups is 1. The van der Waals surface area contributed by atoms with Crippen molar-refractivity contribution in [2.75, 3.05) is 5.75 Å². The maximum Gasteiger partial charge on any atom is 0.283 e. The fourth-order valence-electron chi connectivity index (χ4n) is 4.08. The van der Waals surface area contributed by atoms with Gasteiger partial charge in [0, 0.05) is 18.3 Å².